The van der Waals surface area contributed by atoms with Gasteiger partial charge in [-0.25, -0.2) is 13.1 Å². The summed E-state index contributed by atoms with van der Waals surface area (Å²) >= 11 is 0. The Bertz CT molecular complexity index is 788. The quantitative estimate of drug-likeness (QED) is 0.734. The van der Waals surface area contributed by atoms with Crippen LogP contribution in [0.2, 0.25) is 0 Å². The number of nitrogens with two attached hydrogens (primary N) is 1. The molecule has 110 valence electrons. The van der Waals surface area contributed by atoms with Crippen LogP contribution in [0.5, 0.6) is 0 Å². The van der Waals surface area contributed by atoms with Crippen LogP contribution in [0.25, 0.3) is 0 Å². The molecule has 3 N–H and O–H groups in total. The van der Waals surface area contributed by atoms with Crippen molar-refractivity contribution in [3.63, 3.8) is 0 Å². The van der Waals surface area contributed by atoms with Crippen molar-refractivity contribution in [2.75, 3.05) is 6.54 Å². The first-order valence-corrected chi connectivity index (χ1v) is 7.42. The van der Waals surface area contributed by atoms with Gasteiger partial charge in [0.25, 0.3) is 0 Å². The molecule has 0 aromatic carbocycles. The van der Waals surface area contributed by atoms with Gasteiger partial charge in [0.15, 0.2) is 5.82 Å². The molecule has 0 amide bonds. The minimum Gasteiger partial charge on any atom is -0.338 e. The Kier molecular flexibility index (Phi) is 4.64. The first-order chi connectivity index (χ1) is 10.0. The summed E-state index contributed by atoms with van der Waals surface area (Å²) in [5.74, 6) is 5.97. The Morgan fingerprint density at radius 2 is 2.24 bits per heavy atom. The van der Waals surface area contributed by atoms with Gasteiger partial charge in [0, 0.05) is 18.0 Å². The number of pyridine rings is 1. The van der Waals surface area contributed by atoms with Crippen LogP contribution in [0.1, 0.15) is 17.3 Å². The minimum atomic E-state index is -3.74. The Labute approximate surface area is 121 Å². The Morgan fingerprint density at radius 1 is 1.43 bits per heavy atom. The lowest BCUT2D eigenvalue weighted by Crippen LogP contribution is -2.23. The van der Waals surface area contributed by atoms with Crippen molar-refractivity contribution >= 4 is 10.0 Å². The smallest absolute Gasteiger partial charge is 0.242 e. The van der Waals surface area contributed by atoms with Crippen molar-refractivity contribution in [1.29, 1.82) is 0 Å². The average molecular weight is 307 g/mol. The van der Waals surface area contributed by atoms with Crippen LogP contribution in [0, 0.1) is 18.8 Å². The first kappa shape index (κ1) is 15.1. The highest BCUT2D eigenvalue weighted by Crippen LogP contribution is 2.09. The lowest BCUT2D eigenvalue weighted by Gasteiger charge is -2.04. The maximum Gasteiger partial charge on any atom is 0.242 e. The fourth-order valence-electron chi connectivity index (χ4n) is 1.44. The van der Waals surface area contributed by atoms with E-state index >= 15 is 0 Å². The van der Waals surface area contributed by atoms with E-state index in [0.717, 1.165) is 0 Å². The van der Waals surface area contributed by atoms with Crippen LogP contribution >= 0.6 is 0 Å². The summed E-state index contributed by atoms with van der Waals surface area (Å²) in [6.07, 6.45) is 2.69. The van der Waals surface area contributed by atoms with E-state index in [1.54, 1.807) is 6.92 Å². The van der Waals surface area contributed by atoms with Crippen molar-refractivity contribution in [2.24, 2.45) is 5.73 Å². The SMILES string of the molecule is Cc1noc(CNS(=O)(=O)c2cncc(C#CCN)c2)n1. The van der Waals surface area contributed by atoms with E-state index in [1.807, 2.05) is 0 Å². The topological polar surface area (TPSA) is 124 Å². The zero-order valence-corrected chi connectivity index (χ0v) is 12.0. The molecule has 2 aromatic rings. The van der Waals surface area contributed by atoms with Gasteiger partial charge in [0.05, 0.1) is 13.1 Å². The van der Waals surface area contributed by atoms with Crippen molar-refractivity contribution in [2.45, 2.75) is 18.4 Å². The number of hydrogen-bond acceptors (Lipinski definition) is 7. The summed E-state index contributed by atoms with van der Waals surface area (Å²) in [5, 5.41) is 3.57. The number of aryl methyl sites for hydroxylation is 1. The molecule has 2 heterocycles. The lowest BCUT2D eigenvalue weighted by atomic mass is 10.3. The zero-order chi connectivity index (χ0) is 15.3. The molecular weight excluding hydrogens is 294 g/mol. The number of rotatable bonds is 4. The van der Waals surface area contributed by atoms with Gasteiger partial charge in [0.1, 0.15) is 4.90 Å². The molecule has 0 bridgehead atoms. The van der Waals surface area contributed by atoms with Crippen molar-refractivity contribution in [1.82, 2.24) is 19.8 Å². The molecule has 0 unspecified atom stereocenters. The summed E-state index contributed by atoms with van der Waals surface area (Å²) in [4.78, 5) is 7.76. The third-order valence-corrected chi connectivity index (χ3v) is 3.71. The van der Waals surface area contributed by atoms with Gasteiger partial charge in [-0.05, 0) is 13.0 Å². The van der Waals surface area contributed by atoms with Gasteiger partial charge >= 0.3 is 0 Å². The van der Waals surface area contributed by atoms with Crippen LogP contribution < -0.4 is 10.5 Å². The Balaban J connectivity index is 2.15. The van der Waals surface area contributed by atoms with Crippen LogP contribution in [0.15, 0.2) is 27.9 Å². The molecule has 0 saturated carbocycles. The van der Waals surface area contributed by atoms with Gasteiger partial charge in [0.2, 0.25) is 15.9 Å². The second kappa shape index (κ2) is 6.45. The molecule has 0 fully saturated rings. The van der Waals surface area contributed by atoms with Crippen LogP contribution in [0.4, 0.5) is 0 Å². The van der Waals surface area contributed by atoms with E-state index in [4.69, 9.17) is 10.3 Å². The van der Waals surface area contributed by atoms with Gasteiger partial charge in [-0.3, -0.25) is 4.98 Å². The number of aromatic nitrogens is 3. The van der Waals surface area contributed by atoms with E-state index in [-0.39, 0.29) is 23.9 Å². The Hall–Kier alpha value is -2.28. The normalized spacial score (nSPS) is 11.0. The van der Waals surface area contributed by atoms with Gasteiger partial charge in [-0.15, -0.1) is 0 Å². The lowest BCUT2D eigenvalue weighted by molar-refractivity contribution is 0.372. The highest BCUT2D eigenvalue weighted by molar-refractivity contribution is 7.89. The second-order valence-electron chi connectivity index (χ2n) is 3.98. The molecule has 0 aliphatic carbocycles. The van der Waals surface area contributed by atoms with Crippen LogP contribution in [0.3, 0.4) is 0 Å². The highest BCUT2D eigenvalue weighted by Gasteiger charge is 2.16. The standard InChI is InChI=1S/C12H13N5O3S/c1-9-16-12(20-17-9)8-15-21(18,19)11-5-10(3-2-4-13)6-14-7-11/h5-7,15H,4,8,13H2,1H3. The highest BCUT2D eigenvalue weighted by atomic mass is 32.2. The maximum absolute atomic E-state index is 12.1. The van der Waals surface area contributed by atoms with E-state index in [2.05, 4.69) is 31.7 Å². The fourth-order valence-corrected chi connectivity index (χ4v) is 2.40. The van der Waals surface area contributed by atoms with E-state index in [9.17, 15) is 8.42 Å². The van der Waals surface area contributed by atoms with Gasteiger partial charge in [-0.2, -0.15) is 4.98 Å². The maximum atomic E-state index is 12.1. The Morgan fingerprint density at radius 3 is 2.90 bits per heavy atom. The van der Waals surface area contributed by atoms with E-state index in [0.29, 0.717) is 11.4 Å². The summed E-state index contributed by atoms with van der Waals surface area (Å²) in [5.41, 5.74) is 5.74. The molecule has 0 atom stereocenters. The molecule has 0 aliphatic heterocycles. The summed E-state index contributed by atoms with van der Waals surface area (Å²) in [7, 11) is -3.74. The predicted molar refractivity (Wildman–Crippen MR) is 73.2 cm³/mol. The monoisotopic (exact) mass is 307 g/mol. The largest absolute Gasteiger partial charge is 0.338 e. The summed E-state index contributed by atoms with van der Waals surface area (Å²) in [6.45, 7) is 1.73. The molecule has 0 radical (unpaired) electrons. The molecule has 21 heavy (non-hydrogen) atoms. The molecular formula is C12H13N5O3S. The number of sulfonamides is 1. The van der Waals surface area contributed by atoms with Gasteiger partial charge < -0.3 is 10.3 Å². The third kappa shape index (κ3) is 4.09. The van der Waals surface area contributed by atoms with Crippen molar-refractivity contribution in [3.05, 3.63) is 35.7 Å². The van der Waals surface area contributed by atoms with Crippen LogP contribution in [-0.4, -0.2) is 30.1 Å². The molecule has 0 spiro atoms. The number of nitrogens with zero attached hydrogens (tertiary/aromatic N) is 3. The minimum absolute atomic E-state index is 0.00237. The third-order valence-electron chi connectivity index (χ3n) is 2.34. The summed E-state index contributed by atoms with van der Waals surface area (Å²) < 4.78 is 31.4. The second-order valence-corrected chi connectivity index (χ2v) is 5.74. The predicted octanol–water partition coefficient (Wildman–Crippen LogP) is -0.438. The summed E-state index contributed by atoms with van der Waals surface area (Å²) in [6, 6.07) is 1.41. The zero-order valence-electron chi connectivity index (χ0n) is 11.2. The van der Waals surface area contributed by atoms with Crippen LogP contribution in [-0.2, 0) is 16.6 Å². The van der Waals surface area contributed by atoms with Crippen molar-refractivity contribution < 1.29 is 12.9 Å². The van der Waals surface area contributed by atoms with E-state index in [1.165, 1.54) is 18.5 Å². The fraction of sp³-hybridized carbons (Fsp3) is 0.250. The molecule has 2 rings (SSSR count). The molecule has 9 heteroatoms. The van der Waals surface area contributed by atoms with E-state index < -0.39 is 10.0 Å². The van der Waals surface area contributed by atoms with Crippen molar-refractivity contribution in [3.8, 4) is 11.8 Å². The number of hydrogen-bond donors (Lipinski definition) is 2. The molecule has 0 saturated heterocycles. The number of nitrogens with one attached hydrogen (secondary N) is 1. The molecule has 2 aromatic heterocycles. The molecule has 8 nitrogen and oxygen atoms in total. The van der Waals surface area contributed by atoms with Gasteiger partial charge in [-0.1, -0.05) is 17.0 Å². The average Bonchev–Trinajstić information content (AvgIpc) is 2.89. The first-order valence-electron chi connectivity index (χ1n) is 5.94. The molecule has 0 aliphatic rings.